The van der Waals surface area contributed by atoms with Gasteiger partial charge in [0.2, 0.25) is 5.95 Å². The number of hydrogen-bond donors (Lipinski definition) is 1. The van der Waals surface area contributed by atoms with Crippen LogP contribution in [0.15, 0.2) is 24.4 Å². The fourth-order valence-corrected chi connectivity index (χ4v) is 6.07. The van der Waals surface area contributed by atoms with Crippen molar-refractivity contribution in [1.82, 2.24) is 14.5 Å². The number of aromatic nitrogens is 2. The van der Waals surface area contributed by atoms with Crippen LogP contribution >= 0.6 is 0 Å². The summed E-state index contributed by atoms with van der Waals surface area (Å²) >= 11 is 0. The number of aryl methyl sites for hydroxylation is 1. The van der Waals surface area contributed by atoms with Gasteiger partial charge in [-0.1, -0.05) is 6.07 Å². The molecule has 2 aromatic rings. The Morgan fingerprint density at radius 1 is 1.22 bits per heavy atom. The average Bonchev–Trinajstić information content (AvgIpc) is 3.30. The normalized spacial score (nSPS) is 23.3. The number of carbonyl (C=O) groups excluding carboxylic acids is 2. The number of amides is 1. The van der Waals surface area contributed by atoms with E-state index in [0.717, 1.165) is 31.2 Å². The van der Waals surface area contributed by atoms with Gasteiger partial charge >= 0.3 is 12.1 Å². The zero-order valence-corrected chi connectivity index (χ0v) is 23.0. The van der Waals surface area contributed by atoms with Crippen LogP contribution in [0.1, 0.15) is 29.7 Å². The number of anilines is 1. The highest BCUT2D eigenvalue weighted by molar-refractivity contribution is 5.79. The molecule has 0 radical (unpaired) electrons. The van der Waals surface area contributed by atoms with Crippen molar-refractivity contribution in [3.63, 3.8) is 0 Å². The van der Waals surface area contributed by atoms with Gasteiger partial charge < -0.3 is 29.3 Å². The van der Waals surface area contributed by atoms with Gasteiger partial charge in [0.05, 0.1) is 38.0 Å². The molecule has 5 rings (SSSR count). The molecule has 0 spiro atoms. The van der Waals surface area contributed by atoms with E-state index in [9.17, 15) is 27.9 Å². The van der Waals surface area contributed by atoms with Gasteiger partial charge in [0.15, 0.2) is 6.54 Å². The van der Waals surface area contributed by atoms with Crippen LogP contribution in [0.5, 0.6) is 5.75 Å². The molecule has 3 aliphatic heterocycles. The Bertz CT molecular complexity index is 1220. The smallest absolute Gasteiger partial charge is 0.438 e. The summed E-state index contributed by atoms with van der Waals surface area (Å²) < 4.78 is 54.6. The first-order chi connectivity index (χ1) is 19.6. The van der Waals surface area contributed by atoms with Crippen molar-refractivity contribution in [2.75, 3.05) is 64.4 Å². The monoisotopic (exact) mass is 579 g/mol. The van der Waals surface area contributed by atoms with Crippen molar-refractivity contribution in [2.24, 2.45) is 5.92 Å². The minimum atomic E-state index is -4.64. The summed E-state index contributed by atoms with van der Waals surface area (Å²) in [6, 6.07) is 5.15. The van der Waals surface area contributed by atoms with Crippen molar-refractivity contribution < 1.29 is 41.8 Å². The molecule has 13 heteroatoms. The molecule has 1 aromatic heterocycles. The quantitative estimate of drug-likeness (QED) is 0.421. The number of ether oxygens (including phenoxy) is 2. The largest absolute Gasteiger partial charge is 0.550 e. The number of carbonyl (C=O) groups is 2. The lowest BCUT2D eigenvalue weighted by molar-refractivity contribution is -0.879. The van der Waals surface area contributed by atoms with Gasteiger partial charge in [-0.3, -0.25) is 4.90 Å². The third-order valence-corrected chi connectivity index (χ3v) is 8.09. The molecular weight excluding hydrogens is 543 g/mol. The predicted octanol–water partition coefficient (Wildman–Crippen LogP) is 1.37. The van der Waals surface area contributed by atoms with Crippen LogP contribution in [0.3, 0.4) is 0 Å². The Morgan fingerprint density at radius 3 is 2.76 bits per heavy atom. The number of halogens is 3. The van der Waals surface area contributed by atoms with Gasteiger partial charge in [0.25, 0.3) is 0 Å². The van der Waals surface area contributed by atoms with E-state index in [2.05, 4.69) is 14.9 Å². The lowest BCUT2D eigenvalue weighted by Gasteiger charge is -2.39. The fourth-order valence-electron chi connectivity index (χ4n) is 6.07. The molecule has 1 N–H and O–H groups in total. The van der Waals surface area contributed by atoms with Gasteiger partial charge in [-0.15, -0.1) is 0 Å². The molecule has 0 saturated carbocycles. The van der Waals surface area contributed by atoms with E-state index in [1.165, 1.54) is 0 Å². The topological polar surface area (TPSA) is 109 Å². The minimum Gasteiger partial charge on any atom is -0.550 e. The van der Waals surface area contributed by atoms with Crippen LogP contribution in [0.25, 0.3) is 0 Å². The summed E-state index contributed by atoms with van der Waals surface area (Å²) in [5, 5.41) is 14.8. The Morgan fingerprint density at radius 2 is 2.02 bits per heavy atom. The summed E-state index contributed by atoms with van der Waals surface area (Å²) in [6.45, 7) is 2.79. The lowest BCUT2D eigenvalue weighted by atomic mass is 9.94. The number of fused-ring (bicyclic) bond motifs is 2. The van der Waals surface area contributed by atoms with Crippen LogP contribution in [0, 0.1) is 5.92 Å². The molecule has 2 atom stereocenters. The number of benzene rings is 1. The first-order valence-corrected chi connectivity index (χ1v) is 14.1. The van der Waals surface area contributed by atoms with Crippen molar-refractivity contribution in [3.05, 3.63) is 41.2 Å². The molecule has 1 aromatic carbocycles. The number of hydrogen-bond acceptors (Lipinski definition) is 8. The average molecular weight is 580 g/mol. The van der Waals surface area contributed by atoms with Gasteiger partial charge in [0.1, 0.15) is 12.3 Å². The zero-order valence-electron chi connectivity index (χ0n) is 23.0. The van der Waals surface area contributed by atoms with E-state index >= 15 is 0 Å². The molecule has 0 bridgehead atoms. The first kappa shape index (κ1) is 29.3. The number of carboxylic acids is 1. The maximum absolute atomic E-state index is 14.0. The van der Waals surface area contributed by atoms with Gasteiger partial charge in [-0.05, 0) is 30.5 Å². The first-order valence-electron chi connectivity index (χ1n) is 14.1. The Kier molecular flexibility index (Phi) is 8.85. The van der Waals surface area contributed by atoms with Crippen molar-refractivity contribution in [2.45, 2.75) is 44.9 Å². The number of carboxylic acid groups (broad SMARTS) is 1. The van der Waals surface area contributed by atoms with Crippen molar-refractivity contribution in [1.29, 1.82) is 0 Å². The van der Waals surface area contributed by atoms with Crippen LogP contribution < -0.4 is 15.2 Å². The lowest BCUT2D eigenvalue weighted by Crippen LogP contribution is -2.61. The van der Waals surface area contributed by atoms with Crippen molar-refractivity contribution >= 4 is 17.8 Å². The summed E-state index contributed by atoms with van der Waals surface area (Å²) in [4.78, 5) is 31.9. The highest BCUT2D eigenvalue weighted by atomic mass is 19.4. The third kappa shape index (κ3) is 7.38. The summed E-state index contributed by atoms with van der Waals surface area (Å²) in [5.41, 5.74) is 2.09. The fraction of sp³-hybridized carbons (Fsp3) is 0.607. The summed E-state index contributed by atoms with van der Waals surface area (Å²) in [5.74, 6) is -1.98. The predicted molar refractivity (Wildman–Crippen MR) is 140 cm³/mol. The number of imidazole rings is 1. The maximum Gasteiger partial charge on any atom is 0.438 e. The van der Waals surface area contributed by atoms with E-state index in [1.807, 2.05) is 11.1 Å². The minimum absolute atomic E-state index is 0.0328. The van der Waals surface area contributed by atoms with Crippen LogP contribution in [-0.4, -0.2) is 96.1 Å². The standard InChI is InChI=1S/C28H36F3N5O5/c29-28(30,31)19-36(10-7-34-8-12-40-13-9-34)18-22-15-24(3-2-20(22)14-21(26(36)39)16-25(37)38)41-11-4-23-17-35-6-1-5-32-27(35)33-23/h2-3,15,17,21H,1,4-14,16,18-19H2,(H-,32,33,37,38)/t21-,36?/m0/s1. The molecule has 1 unspecified atom stereocenters. The van der Waals surface area contributed by atoms with E-state index in [1.54, 1.807) is 18.2 Å². The second-order valence-corrected chi connectivity index (χ2v) is 11.1. The van der Waals surface area contributed by atoms with Crippen LogP contribution in [-0.2, 0) is 40.3 Å². The van der Waals surface area contributed by atoms with E-state index < -0.39 is 41.4 Å². The SMILES string of the molecule is O=C([O-])C[C@@H]1Cc2ccc(OCCc3cn4c(n3)NCCC4)cc2C[N+](CCN2CCOCC2)(CC(F)(F)F)C1=O. The van der Waals surface area contributed by atoms with E-state index in [4.69, 9.17) is 9.47 Å². The number of nitrogens with one attached hydrogen (secondary N) is 1. The molecule has 0 aliphatic carbocycles. The molecular formula is C28H36F3N5O5. The number of morpholine rings is 1. The Balaban J connectivity index is 1.38. The van der Waals surface area contributed by atoms with Gasteiger partial charge in [-0.25, -0.2) is 14.3 Å². The molecule has 1 fully saturated rings. The number of alkyl halides is 3. The molecule has 41 heavy (non-hydrogen) atoms. The molecule has 10 nitrogen and oxygen atoms in total. The zero-order chi connectivity index (χ0) is 29.0. The molecule has 4 heterocycles. The number of aliphatic carboxylic acids is 1. The van der Waals surface area contributed by atoms with E-state index in [0.29, 0.717) is 56.2 Å². The Hall–Kier alpha value is -3.16. The van der Waals surface area contributed by atoms with Gasteiger partial charge in [-0.2, -0.15) is 13.2 Å². The number of nitrogens with zero attached hydrogens (tertiary/aromatic N) is 4. The van der Waals surface area contributed by atoms with Crippen molar-refractivity contribution in [3.8, 4) is 5.75 Å². The highest BCUT2D eigenvalue weighted by Crippen LogP contribution is 2.35. The number of quaternary nitrogens is 1. The third-order valence-electron chi connectivity index (χ3n) is 8.09. The highest BCUT2D eigenvalue weighted by Gasteiger charge is 2.51. The summed E-state index contributed by atoms with van der Waals surface area (Å²) in [6.07, 6.45) is -1.66. The molecule has 3 aliphatic rings. The van der Waals surface area contributed by atoms with Gasteiger partial charge in [0, 0.05) is 63.3 Å². The maximum atomic E-state index is 14.0. The molecule has 1 saturated heterocycles. The molecule has 224 valence electrons. The van der Waals surface area contributed by atoms with E-state index in [-0.39, 0.29) is 26.1 Å². The second-order valence-electron chi connectivity index (χ2n) is 11.1. The second kappa shape index (κ2) is 12.4. The Labute approximate surface area is 236 Å². The summed E-state index contributed by atoms with van der Waals surface area (Å²) in [7, 11) is 0. The van der Waals surface area contributed by atoms with Crippen LogP contribution in [0.4, 0.5) is 19.1 Å². The van der Waals surface area contributed by atoms with Crippen LogP contribution in [0.2, 0.25) is 0 Å². The molecule has 1 amide bonds. The number of rotatable bonds is 10.